The summed E-state index contributed by atoms with van der Waals surface area (Å²) < 4.78 is 101. The summed E-state index contributed by atoms with van der Waals surface area (Å²) in [5.41, 5.74) is 0.155. The highest BCUT2D eigenvalue weighted by Crippen LogP contribution is 2.26. The SMILES string of the molecule is C[C@H]1CN(S(=O)(=O)c2cccc(C(=O)N3CCN(S(=O)(=O)c4ccc(OC(F)(F)F)cc4)CC3)c2)C[C@H](C)O1. The van der Waals surface area contributed by atoms with E-state index < -0.39 is 38.1 Å². The Balaban J connectivity index is 1.42. The van der Waals surface area contributed by atoms with Gasteiger partial charge in [0.1, 0.15) is 5.75 Å². The maximum Gasteiger partial charge on any atom is 0.573 e. The van der Waals surface area contributed by atoms with Crippen LogP contribution in [0.2, 0.25) is 0 Å². The first-order chi connectivity index (χ1) is 18.2. The van der Waals surface area contributed by atoms with Crippen LogP contribution in [0.25, 0.3) is 0 Å². The fraction of sp³-hybridized carbons (Fsp3) is 0.458. The highest BCUT2D eigenvalue weighted by Gasteiger charge is 2.35. The minimum Gasteiger partial charge on any atom is -0.406 e. The van der Waals surface area contributed by atoms with E-state index in [1.165, 1.54) is 33.5 Å². The van der Waals surface area contributed by atoms with Crippen LogP contribution >= 0.6 is 0 Å². The maximum absolute atomic E-state index is 13.2. The third-order valence-electron chi connectivity index (χ3n) is 6.33. The monoisotopic (exact) mass is 591 g/mol. The molecule has 15 heteroatoms. The fourth-order valence-corrected chi connectivity index (χ4v) is 7.60. The summed E-state index contributed by atoms with van der Waals surface area (Å²) in [4.78, 5) is 14.4. The van der Waals surface area contributed by atoms with Crippen LogP contribution in [0.4, 0.5) is 13.2 Å². The zero-order chi connectivity index (χ0) is 28.6. The van der Waals surface area contributed by atoms with Gasteiger partial charge in [-0.1, -0.05) is 6.07 Å². The maximum atomic E-state index is 13.2. The third kappa shape index (κ3) is 6.72. The number of rotatable bonds is 6. The van der Waals surface area contributed by atoms with Crippen molar-refractivity contribution in [1.29, 1.82) is 0 Å². The molecule has 39 heavy (non-hydrogen) atoms. The lowest BCUT2D eigenvalue weighted by atomic mass is 10.2. The Morgan fingerprint density at radius 3 is 1.97 bits per heavy atom. The van der Waals surface area contributed by atoms with Crippen LogP contribution in [0.3, 0.4) is 0 Å². The highest BCUT2D eigenvalue weighted by atomic mass is 32.2. The molecule has 1 amide bonds. The predicted molar refractivity (Wildman–Crippen MR) is 133 cm³/mol. The smallest absolute Gasteiger partial charge is 0.406 e. The second kappa shape index (κ2) is 11.0. The van der Waals surface area contributed by atoms with E-state index in [2.05, 4.69) is 4.74 Å². The van der Waals surface area contributed by atoms with Crippen LogP contribution < -0.4 is 4.74 Å². The van der Waals surface area contributed by atoms with Gasteiger partial charge in [-0.2, -0.15) is 8.61 Å². The summed E-state index contributed by atoms with van der Waals surface area (Å²) in [6, 6.07) is 9.60. The first-order valence-corrected chi connectivity index (χ1v) is 15.0. The lowest BCUT2D eigenvalue weighted by molar-refractivity contribution is -0.274. The Morgan fingerprint density at radius 2 is 1.41 bits per heavy atom. The first-order valence-electron chi connectivity index (χ1n) is 12.1. The van der Waals surface area contributed by atoms with Crippen molar-refractivity contribution < 1.29 is 44.3 Å². The van der Waals surface area contributed by atoms with E-state index in [4.69, 9.17) is 4.74 Å². The fourth-order valence-electron chi connectivity index (χ4n) is 4.54. The third-order valence-corrected chi connectivity index (χ3v) is 10.1. The summed E-state index contributed by atoms with van der Waals surface area (Å²) in [6.07, 6.45) is -5.44. The van der Waals surface area contributed by atoms with Gasteiger partial charge in [-0.3, -0.25) is 4.79 Å². The van der Waals surface area contributed by atoms with Gasteiger partial charge in [-0.15, -0.1) is 13.2 Å². The van der Waals surface area contributed by atoms with Crippen LogP contribution in [-0.2, 0) is 24.8 Å². The number of piperazine rings is 1. The summed E-state index contributed by atoms with van der Waals surface area (Å²) >= 11 is 0. The normalized spacial score (nSPS) is 22.0. The van der Waals surface area contributed by atoms with E-state index in [1.54, 1.807) is 13.8 Å². The number of alkyl halides is 3. The zero-order valence-corrected chi connectivity index (χ0v) is 22.8. The molecule has 2 atom stereocenters. The molecule has 0 radical (unpaired) electrons. The Morgan fingerprint density at radius 1 is 0.846 bits per heavy atom. The molecule has 0 unspecified atom stereocenters. The van der Waals surface area contributed by atoms with Crippen molar-refractivity contribution >= 4 is 26.0 Å². The molecule has 0 spiro atoms. The van der Waals surface area contributed by atoms with Gasteiger partial charge in [0.15, 0.2) is 0 Å². The number of carbonyl (C=O) groups is 1. The molecule has 4 rings (SSSR count). The molecule has 2 aromatic rings. The van der Waals surface area contributed by atoms with Gasteiger partial charge in [0.05, 0.1) is 22.0 Å². The van der Waals surface area contributed by atoms with Gasteiger partial charge in [0, 0.05) is 44.8 Å². The van der Waals surface area contributed by atoms with Crippen LogP contribution in [0, 0.1) is 0 Å². The van der Waals surface area contributed by atoms with E-state index in [-0.39, 0.29) is 66.8 Å². The number of nitrogens with zero attached hydrogens (tertiary/aromatic N) is 3. The number of ether oxygens (including phenoxy) is 2. The molecule has 214 valence electrons. The molecule has 0 saturated carbocycles. The Labute approximate surface area is 225 Å². The van der Waals surface area contributed by atoms with E-state index in [0.29, 0.717) is 0 Å². The molecular weight excluding hydrogens is 563 g/mol. The molecule has 2 aliphatic rings. The van der Waals surface area contributed by atoms with E-state index in [9.17, 15) is 34.8 Å². The number of benzene rings is 2. The number of hydrogen-bond donors (Lipinski definition) is 0. The second-order valence-electron chi connectivity index (χ2n) is 9.32. The number of amides is 1. The van der Waals surface area contributed by atoms with Gasteiger partial charge >= 0.3 is 6.36 Å². The van der Waals surface area contributed by atoms with Gasteiger partial charge in [-0.05, 0) is 56.3 Å². The van der Waals surface area contributed by atoms with E-state index in [1.807, 2.05) is 0 Å². The van der Waals surface area contributed by atoms with Crippen LogP contribution in [0.15, 0.2) is 58.3 Å². The largest absolute Gasteiger partial charge is 0.573 e. The molecule has 2 saturated heterocycles. The minimum absolute atomic E-state index is 0.0196. The summed E-state index contributed by atoms with van der Waals surface area (Å²) in [5.74, 6) is -0.986. The van der Waals surface area contributed by atoms with Gasteiger partial charge in [-0.25, -0.2) is 16.8 Å². The Bertz CT molecular complexity index is 1400. The summed E-state index contributed by atoms with van der Waals surface area (Å²) in [5, 5.41) is 0. The van der Waals surface area contributed by atoms with Crippen molar-refractivity contribution in [2.24, 2.45) is 0 Å². The zero-order valence-electron chi connectivity index (χ0n) is 21.2. The molecule has 0 bridgehead atoms. The van der Waals surface area contributed by atoms with Gasteiger partial charge < -0.3 is 14.4 Å². The quantitative estimate of drug-likeness (QED) is 0.507. The number of halogens is 3. The van der Waals surface area contributed by atoms with E-state index >= 15 is 0 Å². The first kappa shape index (κ1) is 29.3. The van der Waals surface area contributed by atoms with Crippen molar-refractivity contribution in [3.63, 3.8) is 0 Å². The van der Waals surface area contributed by atoms with E-state index in [0.717, 1.165) is 28.6 Å². The topological polar surface area (TPSA) is 114 Å². The molecular formula is C24H28F3N3O7S2. The molecule has 2 heterocycles. The number of carbonyl (C=O) groups excluding carboxylic acids is 1. The minimum atomic E-state index is -4.90. The number of morpholine rings is 1. The number of hydrogen-bond acceptors (Lipinski definition) is 7. The second-order valence-corrected chi connectivity index (χ2v) is 13.2. The van der Waals surface area contributed by atoms with Crippen LogP contribution in [-0.4, -0.2) is 94.1 Å². The van der Waals surface area contributed by atoms with Gasteiger partial charge in [0.2, 0.25) is 20.0 Å². The molecule has 2 fully saturated rings. The average molecular weight is 592 g/mol. The lowest BCUT2D eigenvalue weighted by Crippen LogP contribution is -2.50. The standard InChI is InChI=1S/C24H28F3N3O7S2/c1-17-15-30(16-18(2)36-17)39(34,35)22-5-3-4-19(14-22)23(31)28-10-12-29(13-11-28)38(32,33)21-8-6-20(7-9-21)37-24(25,26)27/h3-9,14,17-18H,10-13,15-16H2,1-2H3/t17-,18-/m0/s1. The van der Waals surface area contributed by atoms with Crippen molar-refractivity contribution in [3.05, 3.63) is 54.1 Å². The molecule has 2 aliphatic heterocycles. The van der Waals surface area contributed by atoms with Crippen LogP contribution in [0.1, 0.15) is 24.2 Å². The molecule has 0 N–H and O–H groups in total. The highest BCUT2D eigenvalue weighted by molar-refractivity contribution is 7.89. The Hall–Kier alpha value is -2.72. The Kier molecular flexibility index (Phi) is 8.28. The van der Waals surface area contributed by atoms with Crippen LogP contribution in [0.5, 0.6) is 5.75 Å². The molecule has 0 aromatic heterocycles. The van der Waals surface area contributed by atoms with Gasteiger partial charge in [0.25, 0.3) is 5.91 Å². The predicted octanol–water partition coefficient (Wildman–Crippen LogP) is 2.53. The molecule has 10 nitrogen and oxygen atoms in total. The summed E-state index contributed by atoms with van der Waals surface area (Å²) in [7, 11) is -7.88. The van der Waals surface area contributed by atoms with Crippen molar-refractivity contribution in [1.82, 2.24) is 13.5 Å². The van der Waals surface area contributed by atoms with Crippen molar-refractivity contribution in [3.8, 4) is 5.75 Å². The average Bonchev–Trinajstić information content (AvgIpc) is 2.87. The molecule has 0 aliphatic carbocycles. The van der Waals surface area contributed by atoms with Crippen molar-refractivity contribution in [2.45, 2.75) is 42.2 Å². The number of sulfonamides is 2. The van der Waals surface area contributed by atoms with Crippen molar-refractivity contribution in [2.75, 3.05) is 39.3 Å². The molecule has 2 aromatic carbocycles. The lowest BCUT2D eigenvalue weighted by Gasteiger charge is -2.35. The summed E-state index contributed by atoms with van der Waals surface area (Å²) in [6.45, 7) is 3.96.